The molecule has 0 unspecified atom stereocenters. The number of hydrogen-bond acceptors (Lipinski definition) is 7. The quantitative estimate of drug-likeness (QED) is 0.225. The second-order valence-corrected chi connectivity index (χ2v) is 10.2. The maximum Gasteiger partial charge on any atom is 0.181 e. The van der Waals surface area contributed by atoms with Crippen LogP contribution in [0.3, 0.4) is 0 Å². The Balaban J connectivity index is 0.00000456. The Morgan fingerprint density at radius 3 is 1.06 bits per heavy atom. The Morgan fingerprint density at radius 2 is 0.778 bits per heavy atom. The molecule has 0 heterocycles. The predicted octanol–water partition coefficient (Wildman–Crippen LogP) is 2.58. The Kier molecular flexibility index (Phi) is 12.5. The molecule has 3 aromatic carbocycles. The average molecular weight is 519 g/mol. The van der Waals surface area contributed by atoms with Gasteiger partial charge in [0.1, 0.15) is 37.1 Å². The molecule has 0 radical (unpaired) electrons. The maximum absolute atomic E-state index is 15.4. The third-order valence-electron chi connectivity index (χ3n) is 5.25. The third kappa shape index (κ3) is 7.09. The fourth-order valence-electron chi connectivity index (χ4n) is 3.61. The van der Waals surface area contributed by atoms with E-state index in [1.54, 1.807) is 21.3 Å². The molecular formula is C27H35O8P. The Bertz CT molecular complexity index is 968. The first kappa shape index (κ1) is 29.4. The highest BCUT2D eigenvalue weighted by molar-refractivity contribution is 7.85. The van der Waals surface area contributed by atoms with Crippen molar-refractivity contribution in [1.82, 2.24) is 0 Å². The zero-order valence-corrected chi connectivity index (χ0v) is 21.9. The van der Waals surface area contributed by atoms with Crippen LogP contribution in [0.5, 0.6) is 17.2 Å². The molecule has 0 saturated heterocycles. The van der Waals surface area contributed by atoms with Crippen LogP contribution in [0.2, 0.25) is 0 Å². The summed E-state index contributed by atoms with van der Waals surface area (Å²) in [6.45, 7) is 2.20. The van der Waals surface area contributed by atoms with Gasteiger partial charge in [0.2, 0.25) is 0 Å². The van der Waals surface area contributed by atoms with E-state index in [1.165, 1.54) is 0 Å². The number of benzene rings is 3. The van der Waals surface area contributed by atoms with Gasteiger partial charge in [-0.15, -0.1) is 0 Å². The molecular weight excluding hydrogens is 483 g/mol. The first-order valence-electron chi connectivity index (χ1n) is 11.4. The van der Waals surface area contributed by atoms with E-state index in [-0.39, 0.29) is 5.48 Å². The van der Waals surface area contributed by atoms with E-state index >= 15 is 4.57 Å². The molecule has 8 nitrogen and oxygen atoms in total. The first-order valence-corrected chi connectivity index (χ1v) is 13.1. The summed E-state index contributed by atoms with van der Waals surface area (Å²) < 4.78 is 49.0. The first-order chi connectivity index (χ1) is 17.2. The van der Waals surface area contributed by atoms with Gasteiger partial charge in [-0.1, -0.05) is 36.4 Å². The molecule has 0 aliphatic heterocycles. The van der Waals surface area contributed by atoms with Crippen molar-refractivity contribution in [2.45, 2.75) is 0 Å². The predicted molar refractivity (Wildman–Crippen MR) is 142 cm³/mol. The fraction of sp³-hybridized carbons (Fsp3) is 0.333. The van der Waals surface area contributed by atoms with Crippen LogP contribution in [0.4, 0.5) is 0 Å². The lowest BCUT2D eigenvalue weighted by Gasteiger charge is -2.26. The van der Waals surface area contributed by atoms with Crippen molar-refractivity contribution in [1.29, 1.82) is 0 Å². The summed E-state index contributed by atoms with van der Waals surface area (Å²) in [5.74, 6) is 1.56. The van der Waals surface area contributed by atoms with Crippen molar-refractivity contribution in [3.63, 3.8) is 0 Å². The normalized spacial score (nSPS) is 11.0. The van der Waals surface area contributed by atoms with Crippen LogP contribution in [0.15, 0.2) is 72.8 Å². The largest absolute Gasteiger partial charge is 0.490 e. The SMILES string of the molecule is COCCOc1ccccc1P(=O)(c1ccccc1OCCOC)c1ccccc1OCCOC.O. The number of methoxy groups -OCH3 is 3. The maximum atomic E-state index is 15.4. The lowest BCUT2D eigenvalue weighted by Crippen LogP contribution is -2.29. The van der Waals surface area contributed by atoms with Crippen molar-refractivity contribution in [3.8, 4) is 17.2 Å². The minimum atomic E-state index is -3.53. The fourth-order valence-corrected chi connectivity index (χ4v) is 6.63. The van der Waals surface area contributed by atoms with Gasteiger partial charge in [0.25, 0.3) is 0 Å². The molecule has 3 aromatic rings. The van der Waals surface area contributed by atoms with Crippen LogP contribution >= 0.6 is 7.14 Å². The summed E-state index contributed by atoms with van der Waals surface area (Å²) in [5.41, 5.74) is 0. The highest BCUT2D eigenvalue weighted by Gasteiger charge is 2.37. The number of rotatable bonds is 15. The number of ether oxygens (including phenoxy) is 6. The van der Waals surface area contributed by atoms with Gasteiger partial charge in [0.15, 0.2) is 7.14 Å². The monoisotopic (exact) mass is 518 g/mol. The van der Waals surface area contributed by atoms with Gasteiger partial charge >= 0.3 is 0 Å². The Hall–Kier alpha value is -2.87. The Morgan fingerprint density at radius 1 is 0.500 bits per heavy atom. The minimum Gasteiger partial charge on any atom is -0.490 e. The molecule has 0 fully saturated rings. The van der Waals surface area contributed by atoms with Crippen molar-refractivity contribution in [3.05, 3.63) is 72.8 Å². The van der Waals surface area contributed by atoms with Gasteiger partial charge in [-0.3, -0.25) is 0 Å². The topological polar surface area (TPSA) is 104 Å². The lowest BCUT2D eigenvalue weighted by atomic mass is 10.3. The van der Waals surface area contributed by atoms with Gasteiger partial charge in [-0.25, -0.2) is 0 Å². The van der Waals surface area contributed by atoms with Gasteiger partial charge < -0.3 is 38.5 Å². The molecule has 0 aromatic heterocycles. The van der Waals surface area contributed by atoms with E-state index in [0.717, 1.165) is 0 Å². The molecule has 0 aliphatic rings. The van der Waals surface area contributed by atoms with Crippen LogP contribution in [0.25, 0.3) is 0 Å². The van der Waals surface area contributed by atoms with E-state index in [1.807, 2.05) is 72.8 Å². The number of para-hydroxylation sites is 3. The van der Waals surface area contributed by atoms with E-state index in [4.69, 9.17) is 28.4 Å². The summed E-state index contributed by atoms with van der Waals surface area (Å²) in [5, 5.41) is 1.67. The summed E-state index contributed by atoms with van der Waals surface area (Å²) in [6, 6.07) is 22.1. The van der Waals surface area contributed by atoms with Crippen LogP contribution < -0.4 is 30.1 Å². The summed E-state index contributed by atoms with van der Waals surface area (Å²) in [4.78, 5) is 0. The molecule has 196 valence electrons. The second kappa shape index (κ2) is 15.3. The van der Waals surface area contributed by atoms with Crippen LogP contribution in [0, 0.1) is 0 Å². The van der Waals surface area contributed by atoms with Crippen LogP contribution in [-0.2, 0) is 18.8 Å². The zero-order chi connectivity index (χ0) is 24.9. The lowest BCUT2D eigenvalue weighted by molar-refractivity contribution is 0.146. The Labute approximate surface area is 212 Å². The summed E-state index contributed by atoms with van der Waals surface area (Å²) >= 11 is 0. The second-order valence-electron chi connectivity index (χ2n) is 7.54. The molecule has 3 rings (SSSR count). The van der Waals surface area contributed by atoms with E-state index in [0.29, 0.717) is 72.8 Å². The standard InChI is InChI=1S/C27H33O7P.H2O/c1-29-16-19-32-22-10-4-7-13-25(22)35(28,26-14-8-5-11-23(26)33-20-17-30-2)27-15-9-6-12-24(27)34-21-18-31-3;/h4-15H,16-21H2,1-3H3;1H2. The van der Waals surface area contributed by atoms with Crippen LogP contribution in [-0.4, -0.2) is 66.4 Å². The van der Waals surface area contributed by atoms with Gasteiger partial charge in [-0.05, 0) is 36.4 Å². The molecule has 0 amide bonds. The van der Waals surface area contributed by atoms with Crippen molar-refractivity contribution in [2.75, 3.05) is 61.0 Å². The smallest absolute Gasteiger partial charge is 0.181 e. The van der Waals surface area contributed by atoms with Gasteiger partial charge in [0, 0.05) is 21.3 Å². The molecule has 9 heteroatoms. The highest BCUT2D eigenvalue weighted by atomic mass is 31.2. The van der Waals surface area contributed by atoms with Crippen molar-refractivity contribution >= 4 is 23.1 Å². The zero-order valence-electron chi connectivity index (χ0n) is 21.0. The van der Waals surface area contributed by atoms with Gasteiger partial charge in [-0.2, -0.15) is 0 Å². The minimum absolute atomic E-state index is 0. The molecule has 0 bridgehead atoms. The third-order valence-corrected chi connectivity index (χ3v) is 8.39. The molecule has 2 N–H and O–H groups in total. The summed E-state index contributed by atoms with van der Waals surface area (Å²) in [7, 11) is 1.30. The van der Waals surface area contributed by atoms with Crippen molar-refractivity contribution < 1.29 is 38.5 Å². The molecule has 36 heavy (non-hydrogen) atoms. The average Bonchev–Trinajstić information content (AvgIpc) is 2.90. The molecule has 0 spiro atoms. The molecule has 0 saturated carbocycles. The van der Waals surface area contributed by atoms with E-state index in [9.17, 15) is 0 Å². The number of hydrogen-bond donors (Lipinski definition) is 0. The van der Waals surface area contributed by atoms with Crippen molar-refractivity contribution in [2.24, 2.45) is 0 Å². The van der Waals surface area contributed by atoms with Gasteiger partial charge in [0.05, 0.1) is 35.7 Å². The molecule has 0 atom stereocenters. The van der Waals surface area contributed by atoms with E-state index < -0.39 is 7.14 Å². The van der Waals surface area contributed by atoms with E-state index in [2.05, 4.69) is 0 Å². The highest BCUT2D eigenvalue weighted by Crippen LogP contribution is 2.49. The summed E-state index contributed by atoms with van der Waals surface area (Å²) in [6.07, 6.45) is 0. The van der Waals surface area contributed by atoms with Crippen LogP contribution in [0.1, 0.15) is 0 Å². The molecule has 0 aliphatic carbocycles.